The van der Waals surface area contributed by atoms with Crippen LogP contribution in [0.3, 0.4) is 0 Å². The van der Waals surface area contributed by atoms with Gasteiger partial charge in [0, 0.05) is 10.7 Å². The molecule has 4 aromatic rings. The van der Waals surface area contributed by atoms with E-state index in [2.05, 4.69) is 5.32 Å². The van der Waals surface area contributed by atoms with Crippen molar-refractivity contribution >= 4 is 34.1 Å². The van der Waals surface area contributed by atoms with Crippen molar-refractivity contribution in [2.75, 3.05) is 5.32 Å². The van der Waals surface area contributed by atoms with Gasteiger partial charge < -0.3 is 5.32 Å². The molecule has 0 aliphatic rings. The van der Waals surface area contributed by atoms with Gasteiger partial charge in [-0.3, -0.25) is 18.7 Å². The first-order chi connectivity index (χ1) is 15.3. The Morgan fingerprint density at radius 3 is 2.47 bits per heavy atom. The minimum atomic E-state index is -0.551. The van der Waals surface area contributed by atoms with Crippen molar-refractivity contribution in [1.29, 1.82) is 0 Å². The van der Waals surface area contributed by atoms with Crippen molar-refractivity contribution in [3.63, 3.8) is 0 Å². The molecule has 0 bridgehead atoms. The second-order valence-electron chi connectivity index (χ2n) is 7.77. The number of fused-ring (bicyclic) bond motifs is 1. The third kappa shape index (κ3) is 4.36. The number of hydrogen-bond acceptors (Lipinski definition) is 3. The van der Waals surface area contributed by atoms with Gasteiger partial charge >= 0.3 is 5.69 Å². The standard InChI is InChI=1S/C25H22ClN3O3/c1-16-10-11-21(17(2)12-16)27-23(30)15-28-22-9-4-3-8-20(22)24(31)29(25(28)32)14-18-6-5-7-19(26)13-18/h3-13H,14-15H2,1-2H3,(H,27,30). The molecule has 0 saturated heterocycles. The molecule has 1 amide bonds. The van der Waals surface area contributed by atoms with E-state index in [1.165, 1.54) is 4.57 Å². The highest BCUT2D eigenvalue weighted by Crippen LogP contribution is 2.16. The van der Waals surface area contributed by atoms with Crippen molar-refractivity contribution < 1.29 is 4.79 Å². The molecule has 0 saturated carbocycles. The molecule has 1 heterocycles. The van der Waals surface area contributed by atoms with Crippen LogP contribution in [0, 0.1) is 13.8 Å². The maximum absolute atomic E-state index is 13.3. The van der Waals surface area contributed by atoms with Crippen LogP contribution in [0.1, 0.15) is 16.7 Å². The Bertz CT molecular complexity index is 1450. The molecule has 0 unspecified atom stereocenters. The summed E-state index contributed by atoms with van der Waals surface area (Å²) in [6.45, 7) is 3.73. The Morgan fingerprint density at radius 1 is 0.938 bits per heavy atom. The molecule has 1 aromatic heterocycles. The average Bonchev–Trinajstić information content (AvgIpc) is 2.76. The maximum atomic E-state index is 13.3. The first-order valence-corrected chi connectivity index (χ1v) is 10.6. The van der Waals surface area contributed by atoms with E-state index < -0.39 is 11.2 Å². The van der Waals surface area contributed by atoms with Gasteiger partial charge in [0.15, 0.2) is 0 Å². The zero-order valence-electron chi connectivity index (χ0n) is 17.8. The summed E-state index contributed by atoms with van der Waals surface area (Å²) in [5.41, 5.74) is 2.89. The maximum Gasteiger partial charge on any atom is 0.332 e. The molecule has 1 N–H and O–H groups in total. The first-order valence-electron chi connectivity index (χ1n) is 10.2. The van der Waals surface area contributed by atoms with Crippen molar-refractivity contribution in [3.8, 4) is 0 Å². The third-order valence-corrected chi connectivity index (χ3v) is 5.55. The molecular formula is C25H22ClN3O3. The normalized spacial score (nSPS) is 11.0. The lowest BCUT2D eigenvalue weighted by atomic mass is 10.1. The molecule has 32 heavy (non-hydrogen) atoms. The molecule has 3 aromatic carbocycles. The fraction of sp³-hybridized carbons (Fsp3) is 0.160. The van der Waals surface area contributed by atoms with E-state index in [4.69, 9.17) is 11.6 Å². The van der Waals surface area contributed by atoms with Gasteiger partial charge in [-0.25, -0.2) is 4.79 Å². The molecular weight excluding hydrogens is 426 g/mol. The average molecular weight is 448 g/mol. The minimum absolute atomic E-state index is 0.0573. The molecule has 0 spiro atoms. The number of halogens is 1. The molecule has 4 rings (SSSR count). The summed E-state index contributed by atoms with van der Waals surface area (Å²) in [4.78, 5) is 39.2. The van der Waals surface area contributed by atoms with Crippen molar-refractivity contribution in [2.45, 2.75) is 26.9 Å². The number of anilines is 1. The van der Waals surface area contributed by atoms with Gasteiger partial charge in [-0.1, -0.05) is 53.6 Å². The zero-order chi connectivity index (χ0) is 22.8. The van der Waals surface area contributed by atoms with E-state index in [1.54, 1.807) is 48.5 Å². The summed E-state index contributed by atoms with van der Waals surface area (Å²) in [6, 6.07) is 19.5. The topological polar surface area (TPSA) is 73.1 Å². The fourth-order valence-electron chi connectivity index (χ4n) is 3.77. The molecule has 7 heteroatoms. The number of nitrogens with one attached hydrogen (secondary N) is 1. The number of hydrogen-bond donors (Lipinski definition) is 1. The van der Waals surface area contributed by atoms with Gasteiger partial charge in [-0.15, -0.1) is 0 Å². The number of aryl methyl sites for hydroxylation is 2. The van der Waals surface area contributed by atoms with Crippen molar-refractivity contribution in [1.82, 2.24) is 9.13 Å². The van der Waals surface area contributed by atoms with Crippen LogP contribution in [-0.4, -0.2) is 15.0 Å². The number of rotatable bonds is 5. The number of aromatic nitrogens is 2. The van der Waals surface area contributed by atoms with Crippen LogP contribution in [0.4, 0.5) is 5.69 Å². The lowest BCUT2D eigenvalue weighted by Gasteiger charge is -2.15. The lowest BCUT2D eigenvalue weighted by Crippen LogP contribution is -2.42. The van der Waals surface area contributed by atoms with E-state index >= 15 is 0 Å². The van der Waals surface area contributed by atoms with Gasteiger partial charge in [-0.2, -0.15) is 0 Å². The van der Waals surface area contributed by atoms with Gasteiger partial charge in [0.05, 0.1) is 17.4 Å². The summed E-state index contributed by atoms with van der Waals surface area (Å²) < 4.78 is 2.47. The summed E-state index contributed by atoms with van der Waals surface area (Å²) in [5.74, 6) is -0.350. The van der Waals surface area contributed by atoms with Crippen LogP contribution in [0.2, 0.25) is 5.02 Å². The van der Waals surface area contributed by atoms with E-state index in [0.29, 0.717) is 21.6 Å². The third-order valence-electron chi connectivity index (χ3n) is 5.32. The zero-order valence-corrected chi connectivity index (χ0v) is 18.5. The summed E-state index contributed by atoms with van der Waals surface area (Å²) >= 11 is 6.06. The largest absolute Gasteiger partial charge is 0.332 e. The Morgan fingerprint density at radius 2 is 1.72 bits per heavy atom. The monoisotopic (exact) mass is 447 g/mol. The Hall–Kier alpha value is -3.64. The quantitative estimate of drug-likeness (QED) is 0.500. The van der Waals surface area contributed by atoms with Gasteiger partial charge in [0.2, 0.25) is 5.91 Å². The molecule has 0 atom stereocenters. The molecule has 0 aliphatic heterocycles. The van der Waals surface area contributed by atoms with E-state index in [1.807, 2.05) is 32.0 Å². The number of amides is 1. The summed E-state index contributed by atoms with van der Waals surface area (Å²) in [6.07, 6.45) is 0. The van der Waals surface area contributed by atoms with Gasteiger partial charge in [0.25, 0.3) is 5.56 Å². The second-order valence-corrected chi connectivity index (χ2v) is 8.21. The number of nitrogens with zero attached hydrogens (tertiary/aromatic N) is 2. The van der Waals surface area contributed by atoms with Crippen molar-refractivity contribution in [3.05, 3.63) is 109 Å². The highest BCUT2D eigenvalue weighted by Gasteiger charge is 2.16. The lowest BCUT2D eigenvalue weighted by molar-refractivity contribution is -0.116. The SMILES string of the molecule is Cc1ccc(NC(=O)Cn2c(=O)n(Cc3cccc(Cl)c3)c(=O)c3ccccc32)c(C)c1. The second kappa shape index (κ2) is 8.85. The summed E-state index contributed by atoms with van der Waals surface area (Å²) in [5, 5.41) is 3.75. The highest BCUT2D eigenvalue weighted by atomic mass is 35.5. The van der Waals surface area contributed by atoms with Gasteiger partial charge in [0.1, 0.15) is 6.54 Å². The molecule has 6 nitrogen and oxygen atoms in total. The van der Waals surface area contributed by atoms with Crippen LogP contribution < -0.4 is 16.6 Å². The van der Waals surface area contributed by atoms with Gasteiger partial charge in [-0.05, 0) is 55.3 Å². The van der Waals surface area contributed by atoms with E-state index in [-0.39, 0.29) is 19.0 Å². The molecule has 0 radical (unpaired) electrons. The number of carbonyl (C=O) groups excluding carboxylic acids is 1. The predicted molar refractivity (Wildman–Crippen MR) is 128 cm³/mol. The van der Waals surface area contributed by atoms with Crippen LogP contribution in [-0.2, 0) is 17.9 Å². The fourth-order valence-corrected chi connectivity index (χ4v) is 3.98. The smallest absolute Gasteiger partial charge is 0.324 e. The molecule has 0 aliphatic carbocycles. The number of para-hydroxylation sites is 1. The Kier molecular flexibility index (Phi) is 5.97. The minimum Gasteiger partial charge on any atom is -0.324 e. The van der Waals surface area contributed by atoms with Crippen molar-refractivity contribution in [2.24, 2.45) is 0 Å². The van der Waals surface area contributed by atoms with E-state index in [9.17, 15) is 14.4 Å². The summed E-state index contributed by atoms with van der Waals surface area (Å²) in [7, 11) is 0. The highest BCUT2D eigenvalue weighted by molar-refractivity contribution is 6.30. The van der Waals surface area contributed by atoms with E-state index in [0.717, 1.165) is 21.3 Å². The predicted octanol–water partition coefficient (Wildman–Crippen LogP) is 4.12. The van der Waals surface area contributed by atoms with Crippen LogP contribution in [0.25, 0.3) is 10.9 Å². The van der Waals surface area contributed by atoms with Crippen LogP contribution in [0.15, 0.2) is 76.3 Å². The Labute approximate surface area is 189 Å². The van der Waals surface area contributed by atoms with Crippen LogP contribution in [0.5, 0.6) is 0 Å². The first kappa shape index (κ1) is 21.6. The molecule has 0 fully saturated rings. The number of benzene rings is 3. The molecule has 162 valence electrons. The number of carbonyl (C=O) groups is 1. The van der Waals surface area contributed by atoms with Crippen LogP contribution >= 0.6 is 11.6 Å². The Balaban J connectivity index is 1.75.